The molecule has 2 amide bonds. The van der Waals surface area contributed by atoms with Gasteiger partial charge in [-0.3, -0.25) is 14.4 Å². The SMILES string of the molecule is COc1ccc2c(n1)CCN(C(=O)[C@@H]1C[C@H]1CC(=O)OCc1ccccc1)C2C(=O)Nc1cc(F)c([Si](C)(C)C)c(F)c1. The number of ether oxygens (including phenoxy) is 2. The summed E-state index contributed by atoms with van der Waals surface area (Å²) in [5, 5.41) is 2.69. The Labute approximate surface area is 250 Å². The molecule has 0 radical (unpaired) electrons. The highest BCUT2D eigenvalue weighted by atomic mass is 28.3. The highest BCUT2D eigenvalue weighted by molar-refractivity contribution is 6.88. The third-order valence-corrected chi connectivity index (χ3v) is 9.87. The van der Waals surface area contributed by atoms with Crippen molar-refractivity contribution in [1.82, 2.24) is 9.88 Å². The Balaban J connectivity index is 1.33. The van der Waals surface area contributed by atoms with Gasteiger partial charge >= 0.3 is 5.97 Å². The molecule has 0 saturated heterocycles. The van der Waals surface area contributed by atoms with E-state index < -0.39 is 37.6 Å². The summed E-state index contributed by atoms with van der Waals surface area (Å²) >= 11 is 0. The average molecular weight is 608 g/mol. The van der Waals surface area contributed by atoms with Gasteiger partial charge < -0.3 is 19.7 Å². The van der Waals surface area contributed by atoms with Gasteiger partial charge in [-0.05, 0) is 36.1 Å². The smallest absolute Gasteiger partial charge is 0.306 e. The standard InChI is InChI=1S/C32H35F2N3O5Si/c1-41-27-11-10-22-26(36-27)12-13-37(29(22)31(39)35-21-16-24(33)30(25(34)17-21)43(2,3)4)32(40)23-14-20(23)15-28(38)42-18-19-8-6-5-7-9-19/h5-11,16-17,20,23,29H,12-15,18H2,1-4H3,(H,35,39)/t20-,23+,29?/m0/s1. The molecule has 1 aliphatic carbocycles. The van der Waals surface area contributed by atoms with Gasteiger partial charge in [0.1, 0.15) is 24.3 Å². The number of carbonyl (C=O) groups excluding carboxylic acids is 3. The van der Waals surface area contributed by atoms with Gasteiger partial charge in [-0.25, -0.2) is 13.8 Å². The van der Waals surface area contributed by atoms with E-state index >= 15 is 0 Å². The summed E-state index contributed by atoms with van der Waals surface area (Å²) in [4.78, 5) is 45.9. The van der Waals surface area contributed by atoms with Crippen molar-refractivity contribution in [3.8, 4) is 5.88 Å². The van der Waals surface area contributed by atoms with Crippen LogP contribution in [0.3, 0.4) is 0 Å². The maximum absolute atomic E-state index is 15.0. The number of hydrogen-bond donors (Lipinski definition) is 1. The van der Waals surface area contributed by atoms with Crippen molar-refractivity contribution in [2.45, 2.75) is 51.6 Å². The van der Waals surface area contributed by atoms with Gasteiger partial charge in [-0.2, -0.15) is 0 Å². The van der Waals surface area contributed by atoms with E-state index in [1.807, 2.05) is 50.0 Å². The molecular formula is C32H35F2N3O5Si. The quantitative estimate of drug-likeness (QED) is 0.279. The van der Waals surface area contributed by atoms with Gasteiger partial charge in [0.05, 0.1) is 20.9 Å². The predicted molar refractivity (Wildman–Crippen MR) is 159 cm³/mol. The molecular weight excluding hydrogens is 572 g/mol. The lowest BCUT2D eigenvalue weighted by molar-refractivity contribution is -0.146. The van der Waals surface area contributed by atoms with Crippen LogP contribution in [-0.4, -0.2) is 49.4 Å². The number of benzene rings is 2. The maximum atomic E-state index is 15.0. The molecule has 1 saturated carbocycles. The van der Waals surface area contributed by atoms with Gasteiger partial charge in [0.15, 0.2) is 0 Å². The third-order valence-electron chi connectivity index (χ3n) is 7.89. The largest absolute Gasteiger partial charge is 0.481 e. The molecule has 3 atom stereocenters. The molecule has 5 rings (SSSR count). The molecule has 1 unspecified atom stereocenters. The van der Waals surface area contributed by atoms with Crippen molar-refractivity contribution in [2.24, 2.45) is 11.8 Å². The Morgan fingerprint density at radius 2 is 1.74 bits per heavy atom. The second-order valence-corrected chi connectivity index (χ2v) is 17.1. The number of hydrogen-bond acceptors (Lipinski definition) is 6. The number of methoxy groups -OCH3 is 1. The van der Waals surface area contributed by atoms with Crippen LogP contribution in [-0.2, 0) is 32.1 Å². The molecule has 2 aromatic carbocycles. The number of pyridine rings is 1. The van der Waals surface area contributed by atoms with E-state index in [9.17, 15) is 23.2 Å². The fourth-order valence-corrected chi connectivity index (χ4v) is 7.25. The van der Waals surface area contributed by atoms with E-state index in [2.05, 4.69) is 10.3 Å². The van der Waals surface area contributed by atoms with Gasteiger partial charge in [0.2, 0.25) is 11.8 Å². The van der Waals surface area contributed by atoms with Crippen LogP contribution in [0.15, 0.2) is 54.6 Å². The van der Waals surface area contributed by atoms with Crippen LogP contribution in [0, 0.1) is 23.5 Å². The molecule has 2 aliphatic rings. The van der Waals surface area contributed by atoms with E-state index in [0.29, 0.717) is 30.0 Å². The number of fused-ring (bicyclic) bond motifs is 1. The van der Waals surface area contributed by atoms with Crippen LogP contribution in [0.5, 0.6) is 5.88 Å². The molecule has 1 N–H and O–H groups in total. The van der Waals surface area contributed by atoms with Crippen LogP contribution in [0.1, 0.15) is 35.7 Å². The van der Waals surface area contributed by atoms with Crippen LogP contribution in [0.4, 0.5) is 14.5 Å². The van der Waals surface area contributed by atoms with Crippen molar-refractivity contribution < 1.29 is 32.6 Å². The van der Waals surface area contributed by atoms with Crippen LogP contribution >= 0.6 is 0 Å². The number of anilines is 1. The molecule has 2 heterocycles. The van der Waals surface area contributed by atoms with E-state index in [-0.39, 0.29) is 48.2 Å². The molecule has 226 valence electrons. The first-order valence-electron chi connectivity index (χ1n) is 14.3. The second kappa shape index (κ2) is 12.2. The maximum Gasteiger partial charge on any atom is 0.306 e. The zero-order chi connectivity index (χ0) is 30.9. The van der Waals surface area contributed by atoms with Crippen molar-refractivity contribution in [3.05, 3.63) is 83.1 Å². The van der Waals surface area contributed by atoms with Crippen LogP contribution < -0.4 is 15.2 Å². The predicted octanol–water partition coefficient (Wildman–Crippen LogP) is 4.75. The lowest BCUT2D eigenvalue weighted by Crippen LogP contribution is -2.46. The van der Waals surface area contributed by atoms with E-state index in [0.717, 1.165) is 17.7 Å². The number of carbonyl (C=O) groups is 3. The lowest BCUT2D eigenvalue weighted by atomic mass is 9.95. The van der Waals surface area contributed by atoms with E-state index in [1.165, 1.54) is 12.0 Å². The van der Waals surface area contributed by atoms with Crippen molar-refractivity contribution in [2.75, 3.05) is 19.0 Å². The first-order valence-corrected chi connectivity index (χ1v) is 17.8. The Morgan fingerprint density at radius 3 is 2.40 bits per heavy atom. The topological polar surface area (TPSA) is 97.8 Å². The number of esters is 1. The normalized spacial score (nSPS) is 19.3. The zero-order valence-electron chi connectivity index (χ0n) is 24.7. The monoisotopic (exact) mass is 607 g/mol. The van der Waals surface area contributed by atoms with Gasteiger partial charge in [0.25, 0.3) is 5.91 Å². The van der Waals surface area contributed by atoms with Crippen LogP contribution in [0.25, 0.3) is 0 Å². The minimum absolute atomic E-state index is 0.0338. The fourth-order valence-electron chi connectivity index (χ4n) is 5.67. The van der Waals surface area contributed by atoms with Gasteiger partial charge in [0, 0.05) is 47.8 Å². The molecule has 3 aromatic rings. The van der Waals surface area contributed by atoms with Gasteiger partial charge in [-0.15, -0.1) is 0 Å². The number of amides is 2. The van der Waals surface area contributed by atoms with E-state index in [4.69, 9.17) is 9.47 Å². The Kier molecular flexibility index (Phi) is 8.63. The number of nitrogens with zero attached hydrogens (tertiary/aromatic N) is 2. The minimum atomic E-state index is -2.32. The molecule has 0 spiro atoms. The molecule has 1 aliphatic heterocycles. The van der Waals surface area contributed by atoms with Gasteiger partial charge in [-0.1, -0.05) is 50.0 Å². The molecule has 1 fully saturated rings. The van der Waals surface area contributed by atoms with Crippen molar-refractivity contribution in [3.63, 3.8) is 0 Å². The summed E-state index contributed by atoms with van der Waals surface area (Å²) < 4.78 is 40.5. The highest BCUT2D eigenvalue weighted by Crippen LogP contribution is 2.45. The Bertz CT molecular complexity index is 1520. The van der Waals surface area contributed by atoms with Crippen LogP contribution in [0.2, 0.25) is 19.6 Å². The average Bonchev–Trinajstić information content (AvgIpc) is 3.72. The molecule has 8 nitrogen and oxygen atoms in total. The Hall–Kier alpha value is -4.12. The molecule has 0 bridgehead atoms. The highest BCUT2D eigenvalue weighted by Gasteiger charge is 2.49. The number of halogens is 2. The Morgan fingerprint density at radius 1 is 1.05 bits per heavy atom. The van der Waals surface area contributed by atoms with E-state index in [1.54, 1.807) is 12.1 Å². The first-order chi connectivity index (χ1) is 20.5. The first kappa shape index (κ1) is 30.3. The third kappa shape index (κ3) is 6.77. The van der Waals surface area contributed by atoms with Crippen molar-refractivity contribution >= 4 is 36.7 Å². The number of aromatic nitrogens is 1. The molecule has 43 heavy (non-hydrogen) atoms. The number of nitrogens with one attached hydrogen (secondary N) is 1. The van der Waals surface area contributed by atoms with Crippen molar-refractivity contribution in [1.29, 1.82) is 0 Å². The summed E-state index contributed by atoms with van der Waals surface area (Å²) in [5.74, 6) is -2.92. The zero-order valence-corrected chi connectivity index (χ0v) is 25.7. The minimum Gasteiger partial charge on any atom is -0.481 e. The number of rotatable bonds is 9. The summed E-state index contributed by atoms with van der Waals surface area (Å²) in [7, 11) is -0.827. The summed E-state index contributed by atoms with van der Waals surface area (Å²) in [5.41, 5.74) is 1.96. The lowest BCUT2D eigenvalue weighted by Gasteiger charge is -2.36. The molecule has 1 aromatic heterocycles. The molecule has 11 heteroatoms. The summed E-state index contributed by atoms with van der Waals surface area (Å²) in [6.07, 6.45) is 1.00. The second-order valence-electron chi connectivity index (χ2n) is 12.1. The summed E-state index contributed by atoms with van der Waals surface area (Å²) in [6, 6.07) is 13.8. The summed E-state index contributed by atoms with van der Waals surface area (Å²) in [6.45, 7) is 5.88. The fraction of sp³-hybridized carbons (Fsp3) is 0.375.